The van der Waals surface area contributed by atoms with Crippen LogP contribution in [0.15, 0.2) is 29.4 Å². The van der Waals surface area contributed by atoms with Crippen LogP contribution in [-0.4, -0.2) is 41.7 Å². The summed E-state index contributed by atoms with van der Waals surface area (Å²) >= 11 is 0. The Bertz CT molecular complexity index is 828. The van der Waals surface area contributed by atoms with Crippen molar-refractivity contribution in [2.24, 2.45) is 5.10 Å². The van der Waals surface area contributed by atoms with Gasteiger partial charge in [0.05, 0.1) is 27.3 Å². The molecule has 0 aliphatic rings. The van der Waals surface area contributed by atoms with Crippen LogP contribution in [0, 0.1) is 20.2 Å². The van der Waals surface area contributed by atoms with E-state index < -0.39 is 21.7 Å². The van der Waals surface area contributed by atoms with Crippen LogP contribution in [0.3, 0.4) is 0 Å². The summed E-state index contributed by atoms with van der Waals surface area (Å²) in [5.74, 6) is -1.05. The highest BCUT2D eigenvalue weighted by molar-refractivity contribution is 5.84. The third-order valence-electron chi connectivity index (χ3n) is 2.86. The molecule has 0 spiro atoms. The molecule has 0 unspecified atom stereocenters. The van der Waals surface area contributed by atoms with E-state index in [1.165, 1.54) is 24.3 Å². The lowest BCUT2D eigenvalue weighted by Crippen LogP contribution is -2.22. The van der Waals surface area contributed by atoms with Crippen LogP contribution in [0.4, 0.5) is 11.6 Å². The van der Waals surface area contributed by atoms with Gasteiger partial charge in [-0.2, -0.15) is 5.10 Å². The number of nitro groups is 2. The lowest BCUT2D eigenvalue weighted by Gasteiger charge is -2.02. The predicted molar refractivity (Wildman–Crippen MR) is 82.5 cm³/mol. The van der Waals surface area contributed by atoms with Gasteiger partial charge in [0.25, 0.3) is 5.69 Å². The van der Waals surface area contributed by atoms with Crippen molar-refractivity contribution in [1.29, 1.82) is 0 Å². The molecule has 1 amide bonds. The number of benzene rings is 1. The van der Waals surface area contributed by atoms with Crippen molar-refractivity contribution >= 4 is 23.3 Å². The van der Waals surface area contributed by atoms with Gasteiger partial charge in [0.1, 0.15) is 6.54 Å². The minimum Gasteiger partial charge on any atom is -0.390 e. The van der Waals surface area contributed by atoms with E-state index in [-0.39, 0.29) is 18.7 Å². The van der Waals surface area contributed by atoms with Crippen molar-refractivity contribution in [3.63, 3.8) is 0 Å². The van der Waals surface area contributed by atoms with Crippen molar-refractivity contribution in [2.45, 2.75) is 19.9 Å². The molecule has 13 heteroatoms. The number of nitrogens with one attached hydrogen (secondary N) is 1. The van der Waals surface area contributed by atoms with Gasteiger partial charge >= 0.3 is 5.95 Å². The second-order valence-electron chi connectivity index (χ2n) is 4.86. The quantitative estimate of drug-likeness (QED) is 0.420. The van der Waals surface area contributed by atoms with Gasteiger partial charge in [0, 0.05) is 17.3 Å². The van der Waals surface area contributed by atoms with E-state index in [0.717, 1.165) is 4.80 Å². The Morgan fingerprint density at radius 1 is 1.24 bits per heavy atom. The van der Waals surface area contributed by atoms with Crippen LogP contribution in [0.5, 0.6) is 0 Å². The Kier molecular flexibility index (Phi) is 5.39. The Labute approximate surface area is 139 Å². The number of nitrogens with zero attached hydrogens (tertiary/aromatic N) is 7. The Morgan fingerprint density at radius 3 is 2.48 bits per heavy atom. The van der Waals surface area contributed by atoms with Crippen LogP contribution < -0.4 is 5.43 Å². The van der Waals surface area contributed by atoms with Crippen molar-refractivity contribution in [3.05, 3.63) is 50.1 Å². The molecule has 0 atom stereocenters. The molecule has 0 aliphatic carbocycles. The standard InChI is InChI=1S/C12H12N8O5/c1-8(7-18-16-12(15-17-18)20(24)25)13-14-11(21)6-9-2-4-10(5-3-9)19(22)23/h2-5H,6-7H2,1H3,(H,14,21). The minimum absolute atomic E-state index is 0.0121. The van der Waals surface area contributed by atoms with Gasteiger partial charge in [0.2, 0.25) is 5.91 Å². The predicted octanol–water partition coefficient (Wildman–Crippen LogP) is 0.224. The van der Waals surface area contributed by atoms with E-state index in [9.17, 15) is 25.0 Å². The third-order valence-corrected chi connectivity index (χ3v) is 2.86. The number of carbonyl (C=O) groups is 1. The summed E-state index contributed by atoms with van der Waals surface area (Å²) in [6.45, 7) is 1.58. The van der Waals surface area contributed by atoms with E-state index >= 15 is 0 Å². The first-order valence-corrected chi connectivity index (χ1v) is 6.82. The molecule has 1 N–H and O–H groups in total. The maximum absolute atomic E-state index is 11.8. The number of hydrogen-bond donors (Lipinski definition) is 1. The topological polar surface area (TPSA) is 171 Å². The van der Waals surface area contributed by atoms with Crippen LogP contribution >= 0.6 is 0 Å². The number of carbonyl (C=O) groups excluding carboxylic acids is 1. The molecule has 0 fully saturated rings. The molecule has 25 heavy (non-hydrogen) atoms. The molecule has 0 saturated carbocycles. The smallest absolute Gasteiger partial charge is 0.390 e. The summed E-state index contributed by atoms with van der Waals surface area (Å²) in [5.41, 5.74) is 3.23. The monoisotopic (exact) mass is 348 g/mol. The number of hydrogen-bond acceptors (Lipinski definition) is 9. The van der Waals surface area contributed by atoms with Crippen LogP contribution in [0.25, 0.3) is 0 Å². The SMILES string of the molecule is CC(Cn1nnc([N+](=O)[O-])n1)=NNC(=O)Cc1ccc([N+](=O)[O-])cc1. The number of tetrazole rings is 1. The molecule has 1 heterocycles. The van der Waals surface area contributed by atoms with Gasteiger partial charge in [-0.15, -0.1) is 0 Å². The summed E-state index contributed by atoms with van der Waals surface area (Å²) in [5, 5.41) is 35.1. The highest BCUT2D eigenvalue weighted by Gasteiger charge is 2.15. The summed E-state index contributed by atoms with van der Waals surface area (Å²) in [7, 11) is 0. The van der Waals surface area contributed by atoms with Gasteiger partial charge in [0.15, 0.2) is 0 Å². The van der Waals surface area contributed by atoms with Crippen molar-refractivity contribution in [1.82, 2.24) is 25.6 Å². The zero-order valence-corrected chi connectivity index (χ0v) is 12.9. The normalized spacial score (nSPS) is 11.2. The Morgan fingerprint density at radius 2 is 1.92 bits per heavy atom. The summed E-state index contributed by atoms with van der Waals surface area (Å²) in [4.78, 5) is 32.5. The number of amides is 1. The fourth-order valence-corrected chi connectivity index (χ4v) is 1.73. The van der Waals surface area contributed by atoms with Gasteiger partial charge in [-0.3, -0.25) is 14.9 Å². The fraction of sp³-hybridized carbons (Fsp3) is 0.250. The highest BCUT2D eigenvalue weighted by Crippen LogP contribution is 2.12. The number of nitro benzene ring substituents is 1. The Balaban J connectivity index is 1.87. The summed E-state index contributed by atoms with van der Waals surface area (Å²) in [6.07, 6.45) is -0.0121. The molecule has 0 saturated heterocycles. The van der Waals surface area contributed by atoms with Crippen molar-refractivity contribution < 1.29 is 14.6 Å². The van der Waals surface area contributed by atoms with E-state index in [4.69, 9.17) is 0 Å². The first-order valence-electron chi connectivity index (χ1n) is 6.82. The van der Waals surface area contributed by atoms with E-state index in [0.29, 0.717) is 11.3 Å². The summed E-state index contributed by atoms with van der Waals surface area (Å²) < 4.78 is 0. The van der Waals surface area contributed by atoms with E-state index in [1.54, 1.807) is 6.92 Å². The molecular weight excluding hydrogens is 336 g/mol. The van der Waals surface area contributed by atoms with Gasteiger partial charge < -0.3 is 10.1 Å². The first-order chi connectivity index (χ1) is 11.8. The average Bonchev–Trinajstić information content (AvgIpc) is 3.02. The lowest BCUT2D eigenvalue weighted by atomic mass is 10.1. The largest absolute Gasteiger partial charge is 0.514 e. The number of non-ortho nitro benzene ring substituents is 1. The zero-order valence-electron chi connectivity index (χ0n) is 12.9. The van der Waals surface area contributed by atoms with Gasteiger partial charge in [-0.1, -0.05) is 16.9 Å². The molecule has 2 rings (SSSR count). The van der Waals surface area contributed by atoms with Crippen LogP contribution in [0.2, 0.25) is 0 Å². The van der Waals surface area contributed by atoms with Crippen molar-refractivity contribution in [3.8, 4) is 0 Å². The molecule has 130 valence electrons. The second kappa shape index (κ2) is 7.67. The maximum atomic E-state index is 11.8. The average molecular weight is 348 g/mol. The highest BCUT2D eigenvalue weighted by atomic mass is 16.6. The fourth-order valence-electron chi connectivity index (χ4n) is 1.73. The zero-order chi connectivity index (χ0) is 18.4. The molecule has 1 aromatic carbocycles. The molecule has 0 aliphatic heterocycles. The third kappa shape index (κ3) is 5.12. The van der Waals surface area contributed by atoms with Crippen LogP contribution in [-0.2, 0) is 17.8 Å². The summed E-state index contributed by atoms with van der Waals surface area (Å²) in [6, 6.07) is 5.57. The Hall–Kier alpha value is -3.77. The number of aromatic nitrogens is 4. The van der Waals surface area contributed by atoms with E-state index in [1.807, 2.05) is 0 Å². The van der Waals surface area contributed by atoms with Gasteiger partial charge in [-0.05, 0) is 17.4 Å². The first kappa shape index (κ1) is 17.6. The second-order valence-corrected chi connectivity index (χ2v) is 4.86. The minimum atomic E-state index is -0.776. The van der Waals surface area contributed by atoms with Crippen molar-refractivity contribution in [2.75, 3.05) is 0 Å². The molecule has 2 aromatic rings. The number of hydrazone groups is 1. The van der Waals surface area contributed by atoms with E-state index in [2.05, 4.69) is 25.9 Å². The van der Waals surface area contributed by atoms with Gasteiger partial charge in [-0.25, -0.2) is 5.43 Å². The lowest BCUT2D eigenvalue weighted by molar-refractivity contribution is -0.394. The molecule has 0 radical (unpaired) electrons. The molecule has 13 nitrogen and oxygen atoms in total. The molecule has 1 aromatic heterocycles. The maximum Gasteiger partial charge on any atom is 0.514 e. The molecule has 0 bridgehead atoms. The molecular formula is C12H12N8O5. The van der Waals surface area contributed by atoms with Crippen LogP contribution in [0.1, 0.15) is 12.5 Å². The number of rotatable bonds is 7.